The molecule has 292 valence electrons. The molecule has 1 aliphatic rings. The Bertz CT molecular complexity index is 1890. The maximum atomic E-state index is 12.8. The number of carboxylic acids is 3. The molecule has 0 saturated carbocycles. The molecule has 2 aromatic carbocycles. The van der Waals surface area contributed by atoms with E-state index >= 15 is 0 Å². The van der Waals surface area contributed by atoms with Gasteiger partial charge in [0.2, 0.25) is 5.91 Å². The molecule has 0 spiro atoms. The van der Waals surface area contributed by atoms with E-state index in [1.165, 1.54) is 12.1 Å². The van der Waals surface area contributed by atoms with Crippen molar-refractivity contribution in [3.8, 4) is 22.4 Å². The first kappa shape index (κ1) is 43.2. The van der Waals surface area contributed by atoms with Crippen LogP contribution in [-0.2, 0) is 38.7 Å². The van der Waals surface area contributed by atoms with Gasteiger partial charge < -0.3 is 34.6 Å². The molecule has 3 aromatic rings. The number of rotatable bonds is 17. The number of aryl methyl sites for hydroxylation is 1. The topological polar surface area (TPSA) is 280 Å². The summed E-state index contributed by atoms with van der Waals surface area (Å²) < 4.78 is 40.9. The molecule has 2 heterocycles. The zero-order valence-electron chi connectivity index (χ0n) is 29.3. The minimum absolute atomic E-state index is 0.0922. The lowest BCUT2D eigenvalue weighted by molar-refractivity contribution is -0.170. The van der Waals surface area contributed by atoms with Gasteiger partial charge >= 0.3 is 23.9 Å². The van der Waals surface area contributed by atoms with Crippen molar-refractivity contribution in [2.24, 2.45) is 4.58 Å². The highest BCUT2D eigenvalue weighted by Gasteiger charge is 2.41. The number of hydrogen-bond donors (Lipinski definition) is 5. The number of nitrogens with zero attached hydrogens (tertiary/aromatic N) is 3. The second-order valence-corrected chi connectivity index (χ2v) is 15.4. The van der Waals surface area contributed by atoms with Crippen molar-refractivity contribution in [1.82, 2.24) is 14.8 Å². The molecule has 0 unspecified atom stereocenters. The van der Waals surface area contributed by atoms with Gasteiger partial charge in [-0.15, -0.1) is 4.91 Å². The first-order valence-electron chi connectivity index (χ1n) is 16.3. The molecule has 0 bridgehead atoms. The van der Waals surface area contributed by atoms with Crippen molar-refractivity contribution < 1.29 is 62.1 Å². The lowest BCUT2D eigenvalue weighted by Gasteiger charge is -2.37. The number of aromatic nitrogens is 1. The average Bonchev–Trinajstić information content (AvgIpc) is 3.49. The van der Waals surface area contributed by atoms with E-state index in [9.17, 15) is 37.3 Å². The third-order valence-corrected chi connectivity index (χ3v) is 10.9. The normalized spacial score (nSPS) is 14.2. The minimum Gasteiger partial charge on any atom is -0.481 e. The molecule has 5 N–H and O–H groups in total. The quantitative estimate of drug-likeness (QED) is 0.0743. The Kier molecular flexibility index (Phi) is 15.4. The molecule has 0 aliphatic carbocycles. The van der Waals surface area contributed by atoms with Gasteiger partial charge in [-0.25, -0.2) is 17.9 Å². The van der Waals surface area contributed by atoms with Gasteiger partial charge in [-0.3, -0.25) is 19.2 Å². The Balaban J connectivity index is 0.000000515. The molecule has 20 heteroatoms. The summed E-state index contributed by atoms with van der Waals surface area (Å²) in [6.45, 7) is 3.51. The van der Waals surface area contributed by atoms with Crippen LogP contribution in [0.5, 0.6) is 0 Å². The predicted octanol–water partition coefficient (Wildman–Crippen LogP) is 3.47. The molecule has 1 aliphatic heterocycles. The number of amides is 1. The number of benzene rings is 2. The van der Waals surface area contributed by atoms with E-state index < -0.39 is 58.3 Å². The fourth-order valence-electron chi connectivity index (χ4n) is 5.41. The number of carbonyl (C=O) groups is 5. The third kappa shape index (κ3) is 12.5. The molecule has 4 rings (SSSR count). The van der Waals surface area contributed by atoms with Gasteiger partial charge in [-0.05, 0) is 64.0 Å². The highest BCUT2D eigenvalue weighted by Crippen LogP contribution is 2.39. The van der Waals surface area contributed by atoms with Crippen LogP contribution in [0.2, 0.25) is 0 Å². The van der Waals surface area contributed by atoms with Crippen molar-refractivity contribution in [3.05, 3.63) is 65.3 Å². The molecule has 1 amide bonds. The van der Waals surface area contributed by atoms with Gasteiger partial charge in [0, 0.05) is 33.3 Å². The van der Waals surface area contributed by atoms with Crippen molar-refractivity contribution in [1.29, 1.82) is 0 Å². The van der Waals surface area contributed by atoms with Gasteiger partial charge in [0.25, 0.3) is 10.0 Å². The number of ether oxygens (including phenoxy) is 1. The third-order valence-electron chi connectivity index (χ3n) is 8.40. The van der Waals surface area contributed by atoms with Crippen molar-refractivity contribution in [3.63, 3.8) is 0 Å². The number of sulfonamides is 1. The van der Waals surface area contributed by atoms with E-state index in [0.29, 0.717) is 23.4 Å². The van der Waals surface area contributed by atoms with E-state index in [4.69, 9.17) is 29.7 Å². The molecule has 0 radical (unpaired) electrons. The molecule has 0 atom stereocenters. The standard InChI is InChI=1S/C28H32N4O7S2.C6H8O7/c1-20-26(27(29-39-20)22-6-4-3-5-7-22)21-8-10-23(11-9-21)41(36,37)30-24(33)12-13-25(34)38-19-16-28(40-31-35)14-17-32(2)18-15-28;7-3(8)1-6(13,5(11)12)2-4(9)10/h3-11H,12-19H2,1-2H3,(H,30,33);13H,1-2H2,(H,7,8)(H,9,10)(H,11,12). The van der Waals surface area contributed by atoms with Crippen LogP contribution in [0.4, 0.5) is 0 Å². The largest absolute Gasteiger partial charge is 0.481 e. The van der Waals surface area contributed by atoms with E-state index in [2.05, 4.69) is 14.6 Å². The molecule has 54 heavy (non-hydrogen) atoms. The van der Waals surface area contributed by atoms with Crippen LogP contribution in [0, 0.1) is 11.8 Å². The maximum Gasteiger partial charge on any atom is 0.336 e. The number of aliphatic hydroxyl groups is 1. The van der Waals surface area contributed by atoms with Gasteiger partial charge in [0.05, 0.1) is 36.3 Å². The zero-order valence-corrected chi connectivity index (χ0v) is 30.9. The number of aliphatic carboxylic acids is 3. The Labute approximate surface area is 314 Å². The number of likely N-dealkylation sites (tertiary alicyclic amines) is 1. The molecule has 1 saturated heterocycles. The summed E-state index contributed by atoms with van der Waals surface area (Å²) in [4.78, 5) is 68.0. The molecule has 1 aromatic heterocycles. The highest BCUT2D eigenvalue weighted by atomic mass is 32.2. The Morgan fingerprint density at radius 1 is 0.963 bits per heavy atom. The summed E-state index contributed by atoms with van der Waals surface area (Å²) in [6, 6.07) is 15.5. The second kappa shape index (κ2) is 19.2. The summed E-state index contributed by atoms with van der Waals surface area (Å²) in [5, 5.41) is 38.0. The molecule has 18 nitrogen and oxygen atoms in total. The number of nitrogens with one attached hydrogen (secondary N) is 1. The van der Waals surface area contributed by atoms with Crippen LogP contribution in [0.15, 0.2) is 68.6 Å². The van der Waals surface area contributed by atoms with E-state index in [-0.39, 0.29) is 29.1 Å². The van der Waals surface area contributed by atoms with E-state index in [1.807, 2.05) is 42.1 Å². The fraction of sp³-hybridized carbons (Fsp3) is 0.412. The first-order valence-corrected chi connectivity index (χ1v) is 18.6. The number of hydrogen-bond acceptors (Lipinski definition) is 15. The predicted molar refractivity (Wildman–Crippen MR) is 192 cm³/mol. The Morgan fingerprint density at radius 2 is 1.56 bits per heavy atom. The lowest BCUT2D eigenvalue weighted by Crippen LogP contribution is -2.42. The average molecular weight is 793 g/mol. The number of piperidine rings is 1. The number of nitroso groups, excluding NO2 is 1. The van der Waals surface area contributed by atoms with Crippen molar-refractivity contribution in [2.45, 2.75) is 67.1 Å². The van der Waals surface area contributed by atoms with Gasteiger partial charge in [-0.1, -0.05) is 47.6 Å². The molecule has 1 fully saturated rings. The van der Waals surface area contributed by atoms with Crippen molar-refractivity contribution >= 4 is 51.8 Å². The zero-order chi connectivity index (χ0) is 40.1. The smallest absolute Gasteiger partial charge is 0.336 e. The molecular formula is C34H40N4O14S2. The fourth-order valence-corrected chi connectivity index (χ4v) is 7.12. The summed E-state index contributed by atoms with van der Waals surface area (Å²) in [7, 11) is -2.15. The number of carbonyl (C=O) groups excluding carboxylic acids is 2. The van der Waals surface area contributed by atoms with Crippen LogP contribution in [0.1, 0.15) is 50.7 Å². The van der Waals surface area contributed by atoms with Crippen LogP contribution < -0.4 is 4.72 Å². The number of carboxylic acid groups (broad SMARTS) is 3. The number of esters is 1. The second-order valence-electron chi connectivity index (χ2n) is 12.5. The summed E-state index contributed by atoms with van der Waals surface area (Å²) in [5.41, 5.74) is 0.211. The highest BCUT2D eigenvalue weighted by molar-refractivity contribution is 7.99. The summed E-state index contributed by atoms with van der Waals surface area (Å²) in [6.07, 6.45) is -0.928. The molecular weight excluding hydrogens is 753 g/mol. The summed E-state index contributed by atoms with van der Waals surface area (Å²) in [5.74, 6) is -5.87. The monoisotopic (exact) mass is 792 g/mol. The van der Waals surface area contributed by atoms with Gasteiger partial charge in [0.1, 0.15) is 11.5 Å². The SMILES string of the molecule is Cc1onc(-c2ccccc2)c1-c1ccc(S(=O)(=O)NC(=O)CCC(=O)OCCC2(SN=O)CCN(C)CC2)cc1.O=C(O)CC(O)(CC(=O)O)C(=O)O. The van der Waals surface area contributed by atoms with E-state index in [0.717, 1.165) is 49.0 Å². The van der Waals surface area contributed by atoms with Crippen LogP contribution in [-0.4, -0.2) is 106 Å². The maximum absolute atomic E-state index is 12.8. The minimum atomic E-state index is -4.15. The van der Waals surface area contributed by atoms with Crippen molar-refractivity contribution in [2.75, 3.05) is 26.7 Å². The van der Waals surface area contributed by atoms with Gasteiger partial charge in [0.15, 0.2) is 5.60 Å². The van der Waals surface area contributed by atoms with Crippen LogP contribution in [0.3, 0.4) is 0 Å². The summed E-state index contributed by atoms with van der Waals surface area (Å²) >= 11 is 0.989. The lowest BCUT2D eigenvalue weighted by atomic mass is 9.93. The van der Waals surface area contributed by atoms with Crippen LogP contribution >= 0.6 is 11.9 Å². The van der Waals surface area contributed by atoms with Gasteiger partial charge in [-0.2, -0.15) is 0 Å². The van der Waals surface area contributed by atoms with E-state index in [1.54, 1.807) is 19.1 Å². The van der Waals surface area contributed by atoms with Crippen LogP contribution in [0.25, 0.3) is 22.4 Å². The Hall–Kier alpha value is -5.18. The Morgan fingerprint density at radius 3 is 2.09 bits per heavy atom. The first-order chi connectivity index (χ1) is 25.4.